The van der Waals surface area contributed by atoms with Crippen LogP contribution in [0.5, 0.6) is 0 Å². The van der Waals surface area contributed by atoms with E-state index >= 15 is 0 Å². The lowest BCUT2D eigenvalue weighted by atomic mass is 9.99. The molecule has 0 radical (unpaired) electrons. The van der Waals surface area contributed by atoms with Gasteiger partial charge in [0.2, 0.25) is 0 Å². The van der Waals surface area contributed by atoms with Crippen LogP contribution in [0.15, 0.2) is 29.4 Å². The van der Waals surface area contributed by atoms with Gasteiger partial charge in [-0.3, -0.25) is 14.7 Å². The van der Waals surface area contributed by atoms with Crippen LogP contribution in [0.3, 0.4) is 0 Å². The summed E-state index contributed by atoms with van der Waals surface area (Å²) in [4.78, 5) is 19.1. The highest BCUT2D eigenvalue weighted by molar-refractivity contribution is 8.26. The zero-order chi connectivity index (χ0) is 15.9. The standard InChI is InChI=1S/C17H22N2OS2/c1-3-5-7-13(4-2)12-19-16(20)15(22-17(19)21)10-14-8-6-9-18-11-14/h6,8-11,13H,3-5,7,12H2,1-2H3/b15-10+/t13-/m1/s1. The Labute approximate surface area is 142 Å². The van der Waals surface area contributed by atoms with Crippen LogP contribution in [0.1, 0.15) is 45.1 Å². The average Bonchev–Trinajstić information content (AvgIpc) is 2.79. The van der Waals surface area contributed by atoms with E-state index in [1.54, 1.807) is 17.3 Å². The minimum atomic E-state index is 0.0359. The predicted octanol–water partition coefficient (Wildman–Crippen LogP) is 4.50. The van der Waals surface area contributed by atoms with E-state index in [1.165, 1.54) is 24.6 Å². The summed E-state index contributed by atoms with van der Waals surface area (Å²) in [5.74, 6) is 0.564. The van der Waals surface area contributed by atoms with Gasteiger partial charge in [-0.05, 0) is 30.0 Å². The molecule has 1 amide bonds. The van der Waals surface area contributed by atoms with Crippen molar-refractivity contribution in [1.29, 1.82) is 0 Å². The molecular formula is C17H22N2OS2. The maximum Gasteiger partial charge on any atom is 0.266 e. The van der Waals surface area contributed by atoms with Gasteiger partial charge in [0, 0.05) is 18.9 Å². The third-order valence-corrected chi connectivity index (χ3v) is 5.22. The number of thioether (sulfide) groups is 1. The number of aromatic nitrogens is 1. The summed E-state index contributed by atoms with van der Waals surface area (Å²) in [5.41, 5.74) is 0.932. The predicted molar refractivity (Wildman–Crippen MR) is 97.4 cm³/mol. The minimum Gasteiger partial charge on any atom is -0.293 e. The number of hydrogen-bond donors (Lipinski definition) is 0. The summed E-state index contributed by atoms with van der Waals surface area (Å²) in [6.07, 6.45) is 9.99. The summed E-state index contributed by atoms with van der Waals surface area (Å²) in [7, 11) is 0. The Hall–Kier alpha value is -1.20. The number of carbonyl (C=O) groups excluding carboxylic acids is 1. The Balaban J connectivity index is 2.07. The number of rotatable bonds is 7. The van der Waals surface area contributed by atoms with Gasteiger partial charge in [-0.25, -0.2) is 0 Å². The molecule has 5 heteroatoms. The minimum absolute atomic E-state index is 0.0359. The van der Waals surface area contributed by atoms with E-state index in [9.17, 15) is 4.79 Å². The number of thiocarbonyl (C=S) groups is 1. The van der Waals surface area contributed by atoms with Crippen molar-refractivity contribution >= 4 is 40.3 Å². The van der Waals surface area contributed by atoms with Crippen LogP contribution in [0.2, 0.25) is 0 Å². The van der Waals surface area contributed by atoms with E-state index in [2.05, 4.69) is 18.8 Å². The molecule has 0 bridgehead atoms. The molecule has 0 aliphatic carbocycles. The number of pyridine rings is 1. The topological polar surface area (TPSA) is 33.2 Å². The molecule has 2 heterocycles. The fourth-order valence-electron chi connectivity index (χ4n) is 2.45. The highest BCUT2D eigenvalue weighted by Crippen LogP contribution is 2.33. The lowest BCUT2D eigenvalue weighted by molar-refractivity contribution is -0.122. The van der Waals surface area contributed by atoms with Gasteiger partial charge in [0.1, 0.15) is 4.32 Å². The van der Waals surface area contributed by atoms with Gasteiger partial charge < -0.3 is 0 Å². The second-order valence-corrected chi connectivity index (χ2v) is 7.17. The number of nitrogens with zero attached hydrogens (tertiary/aromatic N) is 2. The molecule has 22 heavy (non-hydrogen) atoms. The van der Waals surface area contributed by atoms with E-state index in [4.69, 9.17) is 12.2 Å². The highest BCUT2D eigenvalue weighted by Gasteiger charge is 2.33. The first kappa shape index (κ1) is 17.2. The summed E-state index contributed by atoms with van der Waals surface area (Å²) in [5, 5.41) is 0. The summed E-state index contributed by atoms with van der Waals surface area (Å²) in [6.45, 7) is 5.12. The van der Waals surface area contributed by atoms with Gasteiger partial charge in [-0.1, -0.05) is 63.2 Å². The Bertz CT molecular complexity index is 557. The molecule has 1 aliphatic heterocycles. The molecule has 0 N–H and O–H groups in total. The van der Waals surface area contributed by atoms with Crippen molar-refractivity contribution in [3.63, 3.8) is 0 Å². The van der Waals surface area contributed by atoms with Crippen LogP contribution in [-0.2, 0) is 4.79 Å². The van der Waals surface area contributed by atoms with Crippen LogP contribution >= 0.6 is 24.0 Å². The monoisotopic (exact) mass is 334 g/mol. The molecular weight excluding hydrogens is 312 g/mol. The van der Waals surface area contributed by atoms with Crippen LogP contribution in [0.25, 0.3) is 6.08 Å². The van der Waals surface area contributed by atoms with Gasteiger partial charge in [0.05, 0.1) is 4.91 Å². The Morgan fingerprint density at radius 3 is 2.91 bits per heavy atom. The molecule has 0 aromatic carbocycles. The molecule has 2 rings (SSSR count). The molecule has 3 nitrogen and oxygen atoms in total. The molecule has 1 aromatic rings. The van der Waals surface area contributed by atoms with Gasteiger partial charge in [0.15, 0.2) is 0 Å². The van der Waals surface area contributed by atoms with Crippen molar-refractivity contribution in [2.45, 2.75) is 39.5 Å². The molecule has 1 aliphatic rings. The summed E-state index contributed by atoms with van der Waals surface area (Å²) < 4.78 is 0.676. The van der Waals surface area contributed by atoms with Crippen molar-refractivity contribution in [2.75, 3.05) is 6.54 Å². The molecule has 1 saturated heterocycles. The normalized spacial score (nSPS) is 18.3. The van der Waals surface area contributed by atoms with E-state index < -0.39 is 0 Å². The van der Waals surface area contributed by atoms with E-state index in [0.717, 1.165) is 24.9 Å². The van der Waals surface area contributed by atoms with Crippen molar-refractivity contribution < 1.29 is 4.79 Å². The summed E-state index contributed by atoms with van der Waals surface area (Å²) >= 11 is 6.80. The smallest absolute Gasteiger partial charge is 0.266 e. The summed E-state index contributed by atoms with van der Waals surface area (Å²) in [6, 6.07) is 3.81. The van der Waals surface area contributed by atoms with Crippen molar-refractivity contribution in [3.8, 4) is 0 Å². The van der Waals surface area contributed by atoms with E-state index in [1.807, 2.05) is 18.2 Å². The van der Waals surface area contributed by atoms with E-state index in [-0.39, 0.29) is 5.91 Å². The first-order chi connectivity index (χ1) is 10.7. The van der Waals surface area contributed by atoms with Crippen LogP contribution in [-0.4, -0.2) is 26.7 Å². The zero-order valence-corrected chi connectivity index (χ0v) is 14.8. The second-order valence-electron chi connectivity index (χ2n) is 5.50. The third-order valence-electron chi connectivity index (χ3n) is 3.84. The molecule has 118 valence electrons. The van der Waals surface area contributed by atoms with Crippen molar-refractivity contribution in [3.05, 3.63) is 35.0 Å². The lowest BCUT2D eigenvalue weighted by Crippen LogP contribution is -2.33. The molecule has 0 spiro atoms. The fraction of sp³-hybridized carbons (Fsp3) is 0.471. The highest BCUT2D eigenvalue weighted by atomic mass is 32.2. The number of unbranched alkanes of at least 4 members (excludes halogenated alkanes) is 1. The molecule has 1 atom stereocenters. The van der Waals surface area contributed by atoms with Crippen molar-refractivity contribution in [2.24, 2.45) is 5.92 Å². The van der Waals surface area contributed by atoms with Crippen LogP contribution in [0.4, 0.5) is 0 Å². The van der Waals surface area contributed by atoms with Crippen molar-refractivity contribution in [1.82, 2.24) is 9.88 Å². The number of hydrogen-bond acceptors (Lipinski definition) is 4. The number of amides is 1. The Morgan fingerprint density at radius 2 is 2.27 bits per heavy atom. The largest absolute Gasteiger partial charge is 0.293 e. The van der Waals surface area contributed by atoms with Gasteiger partial charge in [-0.15, -0.1) is 0 Å². The van der Waals surface area contributed by atoms with E-state index in [0.29, 0.717) is 15.1 Å². The van der Waals surface area contributed by atoms with Crippen LogP contribution < -0.4 is 0 Å². The van der Waals surface area contributed by atoms with Gasteiger partial charge in [0.25, 0.3) is 5.91 Å². The average molecular weight is 335 g/mol. The Kier molecular flexibility index (Phi) is 6.58. The second kappa shape index (κ2) is 8.44. The lowest BCUT2D eigenvalue weighted by Gasteiger charge is -2.21. The Morgan fingerprint density at radius 1 is 1.45 bits per heavy atom. The zero-order valence-electron chi connectivity index (χ0n) is 13.1. The molecule has 1 aromatic heterocycles. The SMILES string of the molecule is CCCC[C@@H](CC)CN1C(=O)/C(=C\c2cccnc2)SC1=S. The molecule has 0 saturated carbocycles. The van der Waals surface area contributed by atoms with Gasteiger partial charge >= 0.3 is 0 Å². The molecule has 0 unspecified atom stereocenters. The first-order valence-corrected chi connectivity index (χ1v) is 9.03. The fourth-order valence-corrected chi connectivity index (χ4v) is 3.72. The third kappa shape index (κ3) is 4.40. The maximum atomic E-state index is 12.6. The van der Waals surface area contributed by atoms with Crippen LogP contribution in [0, 0.1) is 5.92 Å². The maximum absolute atomic E-state index is 12.6. The number of carbonyl (C=O) groups is 1. The van der Waals surface area contributed by atoms with Gasteiger partial charge in [-0.2, -0.15) is 0 Å². The quantitative estimate of drug-likeness (QED) is 0.543. The molecule has 1 fully saturated rings. The first-order valence-electron chi connectivity index (χ1n) is 7.81.